The number of aromatic nitrogens is 1. The molecule has 0 radical (unpaired) electrons. The molecule has 1 aromatic carbocycles. The van der Waals surface area contributed by atoms with Gasteiger partial charge in [0.25, 0.3) is 5.91 Å². The first-order valence-electron chi connectivity index (χ1n) is 14.0. The number of phenolic OH excluding ortho intramolecular Hbond substituents is 1. The van der Waals surface area contributed by atoms with Crippen molar-refractivity contribution in [3.63, 3.8) is 0 Å². The number of likely N-dealkylation sites (N-methyl/N-ethyl adjacent to an activating group) is 1. The summed E-state index contributed by atoms with van der Waals surface area (Å²) in [7, 11) is 3.70. The number of piperazine rings is 1. The quantitative estimate of drug-likeness (QED) is 0.482. The van der Waals surface area contributed by atoms with Crippen LogP contribution in [0.4, 0.5) is 10.2 Å². The van der Waals surface area contributed by atoms with Crippen LogP contribution in [0.5, 0.6) is 11.5 Å². The van der Waals surface area contributed by atoms with E-state index in [0.717, 1.165) is 13.0 Å². The number of rotatable bonds is 7. The maximum absolute atomic E-state index is 15.2. The van der Waals surface area contributed by atoms with E-state index in [2.05, 4.69) is 30.2 Å². The number of carbonyl (C=O) groups excluding carboxylic acids is 2. The van der Waals surface area contributed by atoms with E-state index in [0.29, 0.717) is 32.1 Å². The first kappa shape index (κ1) is 30.1. The van der Waals surface area contributed by atoms with Gasteiger partial charge in [-0.05, 0) is 45.5 Å². The molecule has 1 aromatic heterocycles. The molecule has 2 aromatic rings. The second-order valence-electron chi connectivity index (χ2n) is 11.6. The van der Waals surface area contributed by atoms with Gasteiger partial charge in [0, 0.05) is 51.4 Å². The molecule has 3 aliphatic heterocycles. The van der Waals surface area contributed by atoms with E-state index in [1.807, 2.05) is 7.05 Å². The Bertz CT molecular complexity index is 1380. The smallest absolute Gasteiger partial charge is 0.261 e. The number of methoxy groups -OCH3 is 1. The summed E-state index contributed by atoms with van der Waals surface area (Å²) in [6.45, 7) is 10.5. The van der Waals surface area contributed by atoms with E-state index in [9.17, 15) is 14.7 Å². The Morgan fingerprint density at radius 1 is 1.33 bits per heavy atom. The molecule has 2 saturated heterocycles. The monoisotopic (exact) mass is 601 g/mol. The fraction of sp³-hybridized carbons (Fsp3) is 0.500. The molecule has 1 unspecified atom stereocenters. The zero-order valence-electron chi connectivity index (χ0n) is 24.4. The SMILES string of the molecule is C=CC(=O)N1CCN2C(=O)c3c(N4CC(N(C)CCOC)CC4(C)C)nc(-c4c(O)cccc4F)c(Cl)c3OC[C@H]2C1. The molecule has 10 nitrogen and oxygen atoms in total. The van der Waals surface area contributed by atoms with Gasteiger partial charge in [-0.25, -0.2) is 9.37 Å². The van der Waals surface area contributed by atoms with Crippen LogP contribution >= 0.6 is 11.6 Å². The highest BCUT2D eigenvalue weighted by Gasteiger charge is 2.46. The van der Waals surface area contributed by atoms with Crippen molar-refractivity contribution >= 4 is 29.2 Å². The van der Waals surface area contributed by atoms with Gasteiger partial charge in [-0.2, -0.15) is 0 Å². The maximum Gasteiger partial charge on any atom is 0.261 e. The lowest BCUT2D eigenvalue weighted by atomic mass is 9.98. The highest BCUT2D eigenvalue weighted by Crippen LogP contribution is 2.48. The van der Waals surface area contributed by atoms with E-state index in [1.165, 1.54) is 24.3 Å². The highest BCUT2D eigenvalue weighted by atomic mass is 35.5. The summed E-state index contributed by atoms with van der Waals surface area (Å²) in [5.41, 5.74) is -0.433. The number of benzene rings is 1. The zero-order valence-corrected chi connectivity index (χ0v) is 25.2. The Labute approximate surface area is 250 Å². The average molecular weight is 602 g/mol. The number of hydrogen-bond acceptors (Lipinski definition) is 8. The lowest BCUT2D eigenvalue weighted by Gasteiger charge is -2.40. The largest absolute Gasteiger partial charge is 0.507 e. The van der Waals surface area contributed by atoms with Crippen LogP contribution in [0.2, 0.25) is 5.02 Å². The second-order valence-corrected chi connectivity index (χ2v) is 12.0. The zero-order chi connectivity index (χ0) is 30.3. The fourth-order valence-electron chi connectivity index (χ4n) is 6.18. The molecular formula is C30H37ClFN5O5. The Hall–Kier alpha value is -3.41. The van der Waals surface area contributed by atoms with Gasteiger partial charge in [0.05, 0.1) is 18.2 Å². The van der Waals surface area contributed by atoms with Crippen molar-refractivity contribution in [2.75, 3.05) is 65.0 Å². The average Bonchev–Trinajstić information content (AvgIpc) is 3.20. The first-order chi connectivity index (χ1) is 20.0. The summed E-state index contributed by atoms with van der Waals surface area (Å²) in [6, 6.07) is 3.66. The Kier molecular flexibility index (Phi) is 8.37. The van der Waals surface area contributed by atoms with Crippen LogP contribution in [0.25, 0.3) is 11.3 Å². The molecule has 2 fully saturated rings. The molecule has 0 spiro atoms. The summed E-state index contributed by atoms with van der Waals surface area (Å²) in [5, 5.41) is 10.6. The number of anilines is 1. The van der Waals surface area contributed by atoms with E-state index in [4.69, 9.17) is 26.1 Å². The van der Waals surface area contributed by atoms with Crippen LogP contribution < -0.4 is 9.64 Å². The number of hydrogen-bond donors (Lipinski definition) is 1. The number of halogens is 2. The van der Waals surface area contributed by atoms with Crippen molar-refractivity contribution in [2.24, 2.45) is 0 Å². The highest BCUT2D eigenvalue weighted by molar-refractivity contribution is 6.35. The van der Waals surface area contributed by atoms with Gasteiger partial charge >= 0.3 is 0 Å². The van der Waals surface area contributed by atoms with Crippen molar-refractivity contribution in [1.29, 1.82) is 0 Å². The minimum atomic E-state index is -0.705. The summed E-state index contributed by atoms with van der Waals surface area (Å²) in [5.74, 6) is -1.17. The normalized spacial score (nSPS) is 21.6. The van der Waals surface area contributed by atoms with Gasteiger partial charge in [0.15, 0.2) is 5.75 Å². The standard InChI is InChI=1S/C30H37ClFN5O5/c1-6-22(39)35-10-11-36-19(15-35)17-42-27-24(29(36)40)28(33-26(25(27)31)23-20(32)8-7-9-21(23)38)37-16-18(14-30(37,2)3)34(4)12-13-41-5/h6-9,18-19,38H,1,10-17H2,2-5H3/t18?,19-/m1/s1. The summed E-state index contributed by atoms with van der Waals surface area (Å²) < 4.78 is 26.7. The van der Waals surface area contributed by atoms with Crippen LogP contribution in [0.1, 0.15) is 30.6 Å². The lowest BCUT2D eigenvalue weighted by Crippen LogP contribution is -2.57. The van der Waals surface area contributed by atoms with Crippen molar-refractivity contribution in [3.05, 3.63) is 47.3 Å². The molecule has 0 aliphatic carbocycles. The molecule has 4 heterocycles. The molecule has 2 amide bonds. The molecule has 0 saturated carbocycles. The summed E-state index contributed by atoms with van der Waals surface area (Å²) >= 11 is 6.87. The van der Waals surface area contributed by atoms with Crippen LogP contribution in [0.3, 0.4) is 0 Å². The second kappa shape index (κ2) is 11.7. The topological polar surface area (TPSA) is 98.7 Å². The summed E-state index contributed by atoms with van der Waals surface area (Å²) in [6.07, 6.45) is 2.03. The number of aromatic hydroxyl groups is 1. The minimum absolute atomic E-state index is 0.0101. The van der Waals surface area contributed by atoms with Crippen LogP contribution in [0, 0.1) is 5.82 Å². The van der Waals surface area contributed by atoms with E-state index >= 15 is 4.39 Å². The van der Waals surface area contributed by atoms with Gasteiger partial charge in [0.2, 0.25) is 5.91 Å². The van der Waals surface area contributed by atoms with Crippen molar-refractivity contribution in [2.45, 2.75) is 37.9 Å². The number of amides is 2. The predicted octanol–water partition coefficient (Wildman–Crippen LogP) is 3.41. The molecule has 0 bridgehead atoms. The molecular weight excluding hydrogens is 565 g/mol. The van der Waals surface area contributed by atoms with E-state index < -0.39 is 17.4 Å². The van der Waals surface area contributed by atoms with Gasteiger partial charge in [0.1, 0.15) is 40.3 Å². The van der Waals surface area contributed by atoms with Crippen molar-refractivity contribution < 1.29 is 28.6 Å². The maximum atomic E-state index is 15.2. The molecule has 12 heteroatoms. The van der Waals surface area contributed by atoms with Gasteiger partial charge in [-0.1, -0.05) is 24.2 Å². The van der Waals surface area contributed by atoms with Crippen LogP contribution in [-0.4, -0.2) is 114 Å². The number of fused-ring (bicyclic) bond motifs is 2. The third kappa shape index (κ3) is 5.29. The molecule has 2 atom stereocenters. The van der Waals surface area contributed by atoms with Crippen molar-refractivity contribution in [3.8, 4) is 22.8 Å². The van der Waals surface area contributed by atoms with Gasteiger partial charge in [-0.3, -0.25) is 14.5 Å². The lowest BCUT2D eigenvalue weighted by molar-refractivity contribution is -0.128. The molecule has 226 valence electrons. The van der Waals surface area contributed by atoms with Gasteiger partial charge < -0.3 is 29.3 Å². The Balaban J connectivity index is 1.65. The molecule has 42 heavy (non-hydrogen) atoms. The third-order valence-electron chi connectivity index (χ3n) is 8.55. The van der Waals surface area contributed by atoms with E-state index in [-0.39, 0.29) is 64.4 Å². The van der Waals surface area contributed by atoms with E-state index in [1.54, 1.807) is 16.9 Å². The minimum Gasteiger partial charge on any atom is -0.507 e. The predicted molar refractivity (Wildman–Crippen MR) is 158 cm³/mol. The number of ether oxygens (including phenoxy) is 2. The molecule has 3 aliphatic rings. The fourth-order valence-corrected chi connectivity index (χ4v) is 6.47. The number of phenols is 1. The number of nitrogens with zero attached hydrogens (tertiary/aromatic N) is 5. The number of carbonyl (C=O) groups is 2. The Morgan fingerprint density at radius 3 is 2.79 bits per heavy atom. The number of pyridine rings is 1. The molecule has 5 rings (SSSR count). The van der Waals surface area contributed by atoms with Crippen molar-refractivity contribution in [1.82, 2.24) is 19.7 Å². The van der Waals surface area contributed by atoms with Gasteiger partial charge in [-0.15, -0.1) is 0 Å². The molecule has 1 N–H and O–H groups in total. The first-order valence-corrected chi connectivity index (χ1v) is 14.4. The summed E-state index contributed by atoms with van der Waals surface area (Å²) in [4.78, 5) is 39.1. The van der Waals surface area contributed by atoms with Crippen LogP contribution in [-0.2, 0) is 9.53 Å². The third-order valence-corrected chi connectivity index (χ3v) is 8.90. The van der Waals surface area contributed by atoms with Crippen LogP contribution in [0.15, 0.2) is 30.9 Å². The Morgan fingerprint density at radius 2 is 2.10 bits per heavy atom.